The van der Waals surface area contributed by atoms with Gasteiger partial charge in [-0.2, -0.15) is 0 Å². The Morgan fingerprint density at radius 1 is 1.14 bits per heavy atom. The molecule has 0 atom stereocenters. The van der Waals surface area contributed by atoms with E-state index in [9.17, 15) is 4.79 Å². The van der Waals surface area contributed by atoms with Crippen molar-refractivity contribution in [3.63, 3.8) is 0 Å². The topological polar surface area (TPSA) is 76.7 Å². The molecule has 0 radical (unpaired) electrons. The number of nitrogens with one attached hydrogen (secondary N) is 1. The SMILES string of the molecule is Cc1ccc(NC(=O)CON=C(N)Cc2ccccc2)cc1. The van der Waals surface area contributed by atoms with E-state index >= 15 is 0 Å². The van der Waals surface area contributed by atoms with Crippen LogP contribution in [0.15, 0.2) is 59.8 Å². The fourth-order valence-electron chi connectivity index (χ4n) is 1.85. The molecule has 22 heavy (non-hydrogen) atoms. The third kappa shape index (κ3) is 5.28. The highest BCUT2D eigenvalue weighted by Crippen LogP contribution is 2.08. The summed E-state index contributed by atoms with van der Waals surface area (Å²) >= 11 is 0. The highest BCUT2D eigenvalue weighted by atomic mass is 16.6. The van der Waals surface area contributed by atoms with E-state index in [2.05, 4.69) is 10.5 Å². The summed E-state index contributed by atoms with van der Waals surface area (Å²) in [4.78, 5) is 16.7. The molecule has 3 N–H and O–H groups in total. The number of rotatable bonds is 6. The molecule has 5 nitrogen and oxygen atoms in total. The van der Waals surface area contributed by atoms with Crippen LogP contribution in [0.1, 0.15) is 11.1 Å². The minimum Gasteiger partial charge on any atom is -0.384 e. The number of nitrogens with zero attached hydrogens (tertiary/aromatic N) is 1. The number of hydrogen-bond acceptors (Lipinski definition) is 3. The van der Waals surface area contributed by atoms with Crippen molar-refractivity contribution in [3.8, 4) is 0 Å². The quantitative estimate of drug-likeness (QED) is 0.488. The molecule has 0 heterocycles. The van der Waals surface area contributed by atoms with Crippen molar-refractivity contribution in [2.75, 3.05) is 11.9 Å². The molecule has 2 aromatic rings. The van der Waals surface area contributed by atoms with Crippen LogP contribution in [-0.2, 0) is 16.1 Å². The molecule has 0 aliphatic carbocycles. The molecule has 0 aromatic heterocycles. The van der Waals surface area contributed by atoms with Gasteiger partial charge in [-0.25, -0.2) is 0 Å². The number of nitrogens with two attached hydrogens (primary N) is 1. The molecule has 0 unspecified atom stereocenters. The summed E-state index contributed by atoms with van der Waals surface area (Å²) in [5.41, 5.74) is 8.65. The molecule has 0 saturated carbocycles. The van der Waals surface area contributed by atoms with Crippen LogP contribution in [0.3, 0.4) is 0 Å². The second-order valence-corrected chi connectivity index (χ2v) is 4.93. The molecule has 1 amide bonds. The van der Waals surface area contributed by atoms with Crippen LogP contribution in [0.25, 0.3) is 0 Å². The Hall–Kier alpha value is -2.82. The Kier molecular flexibility index (Phi) is 5.54. The van der Waals surface area contributed by atoms with Gasteiger partial charge in [0.05, 0.1) is 0 Å². The third-order valence-electron chi connectivity index (χ3n) is 2.94. The predicted octanol–water partition coefficient (Wildman–Crippen LogP) is 2.47. The van der Waals surface area contributed by atoms with E-state index in [1.54, 1.807) is 0 Å². The highest BCUT2D eigenvalue weighted by molar-refractivity contribution is 5.91. The largest absolute Gasteiger partial charge is 0.384 e. The number of anilines is 1. The molecule has 0 aliphatic rings. The maximum atomic E-state index is 11.7. The van der Waals surface area contributed by atoms with Gasteiger partial charge in [-0.1, -0.05) is 53.2 Å². The summed E-state index contributed by atoms with van der Waals surface area (Å²) in [5.74, 6) is 0.0504. The van der Waals surface area contributed by atoms with Gasteiger partial charge in [-0.3, -0.25) is 4.79 Å². The van der Waals surface area contributed by atoms with Gasteiger partial charge >= 0.3 is 0 Å². The van der Waals surface area contributed by atoms with E-state index in [1.807, 2.05) is 61.5 Å². The summed E-state index contributed by atoms with van der Waals surface area (Å²) in [6, 6.07) is 17.2. The van der Waals surface area contributed by atoms with Crippen LogP contribution in [0.5, 0.6) is 0 Å². The van der Waals surface area contributed by atoms with Gasteiger partial charge in [0.1, 0.15) is 5.84 Å². The number of aryl methyl sites for hydroxylation is 1. The normalized spacial score (nSPS) is 11.0. The minimum atomic E-state index is -0.278. The summed E-state index contributed by atoms with van der Waals surface area (Å²) in [7, 11) is 0. The third-order valence-corrected chi connectivity index (χ3v) is 2.94. The summed E-state index contributed by atoms with van der Waals surface area (Å²) < 4.78 is 0. The lowest BCUT2D eigenvalue weighted by Crippen LogP contribution is -2.20. The van der Waals surface area contributed by atoms with Gasteiger partial charge in [0.15, 0.2) is 6.61 Å². The number of carbonyl (C=O) groups is 1. The fourth-order valence-corrected chi connectivity index (χ4v) is 1.85. The fraction of sp³-hybridized carbons (Fsp3) is 0.176. The number of hydrogen-bond donors (Lipinski definition) is 2. The number of amidine groups is 1. The van der Waals surface area contributed by atoms with Crippen molar-refractivity contribution in [3.05, 3.63) is 65.7 Å². The van der Waals surface area contributed by atoms with Gasteiger partial charge in [0.25, 0.3) is 5.91 Å². The van der Waals surface area contributed by atoms with Gasteiger partial charge in [-0.15, -0.1) is 0 Å². The monoisotopic (exact) mass is 297 g/mol. The van der Waals surface area contributed by atoms with E-state index in [4.69, 9.17) is 10.6 Å². The zero-order valence-electron chi connectivity index (χ0n) is 12.5. The molecule has 0 bridgehead atoms. The minimum absolute atomic E-state index is 0.177. The van der Waals surface area contributed by atoms with Crippen LogP contribution in [0.2, 0.25) is 0 Å². The lowest BCUT2D eigenvalue weighted by atomic mass is 10.1. The van der Waals surface area contributed by atoms with Crippen LogP contribution in [-0.4, -0.2) is 18.3 Å². The molecule has 5 heteroatoms. The molecule has 0 fully saturated rings. The maximum Gasteiger partial charge on any atom is 0.265 e. The first-order chi connectivity index (χ1) is 10.6. The number of benzene rings is 2. The molecule has 114 valence electrons. The van der Waals surface area contributed by atoms with Crippen LogP contribution < -0.4 is 11.1 Å². The van der Waals surface area contributed by atoms with Crippen LogP contribution >= 0.6 is 0 Å². The van der Waals surface area contributed by atoms with E-state index in [0.29, 0.717) is 12.3 Å². The zero-order valence-corrected chi connectivity index (χ0v) is 12.5. The molecule has 2 aromatic carbocycles. The van der Waals surface area contributed by atoms with Crippen molar-refractivity contribution >= 4 is 17.4 Å². The van der Waals surface area contributed by atoms with Gasteiger partial charge in [0.2, 0.25) is 0 Å². The summed E-state index contributed by atoms with van der Waals surface area (Å²) in [6.07, 6.45) is 0.487. The van der Waals surface area contributed by atoms with E-state index < -0.39 is 0 Å². The second kappa shape index (κ2) is 7.83. The Morgan fingerprint density at radius 3 is 2.50 bits per heavy atom. The van der Waals surface area contributed by atoms with E-state index in [-0.39, 0.29) is 12.5 Å². The van der Waals surface area contributed by atoms with Crippen molar-refractivity contribution < 1.29 is 9.63 Å². The first kappa shape index (κ1) is 15.6. The standard InChI is InChI=1S/C17H19N3O2/c1-13-7-9-15(10-8-13)19-17(21)12-22-20-16(18)11-14-5-3-2-4-6-14/h2-10H,11-12H2,1H3,(H2,18,20)(H,19,21). The van der Waals surface area contributed by atoms with Crippen molar-refractivity contribution in [2.45, 2.75) is 13.3 Å². The summed E-state index contributed by atoms with van der Waals surface area (Å²) in [5, 5.41) is 6.47. The smallest absolute Gasteiger partial charge is 0.265 e. The Balaban J connectivity index is 1.76. The molecule has 0 spiro atoms. The molecule has 2 rings (SSSR count). The van der Waals surface area contributed by atoms with E-state index in [0.717, 1.165) is 16.8 Å². The zero-order chi connectivity index (χ0) is 15.8. The van der Waals surface area contributed by atoms with Crippen molar-refractivity contribution in [2.24, 2.45) is 10.9 Å². The lowest BCUT2D eigenvalue weighted by Gasteiger charge is -2.05. The lowest BCUT2D eigenvalue weighted by molar-refractivity contribution is -0.120. The Bertz CT molecular complexity index is 637. The van der Waals surface area contributed by atoms with E-state index in [1.165, 1.54) is 0 Å². The van der Waals surface area contributed by atoms with Gasteiger partial charge < -0.3 is 15.9 Å². The molecule has 0 aliphatic heterocycles. The van der Waals surface area contributed by atoms with Crippen molar-refractivity contribution in [1.82, 2.24) is 0 Å². The molecular formula is C17H19N3O2. The second-order valence-electron chi connectivity index (χ2n) is 4.93. The predicted molar refractivity (Wildman–Crippen MR) is 87.5 cm³/mol. The number of oxime groups is 1. The van der Waals surface area contributed by atoms with Gasteiger partial charge in [0, 0.05) is 12.1 Å². The Morgan fingerprint density at radius 2 is 1.82 bits per heavy atom. The highest BCUT2D eigenvalue weighted by Gasteiger charge is 2.03. The maximum absolute atomic E-state index is 11.7. The number of amides is 1. The summed E-state index contributed by atoms with van der Waals surface area (Å²) in [6.45, 7) is 1.81. The number of carbonyl (C=O) groups excluding carboxylic acids is 1. The molecule has 0 saturated heterocycles. The first-order valence-corrected chi connectivity index (χ1v) is 6.98. The van der Waals surface area contributed by atoms with Crippen LogP contribution in [0, 0.1) is 6.92 Å². The average Bonchev–Trinajstić information content (AvgIpc) is 2.50. The van der Waals surface area contributed by atoms with Crippen LogP contribution in [0.4, 0.5) is 5.69 Å². The first-order valence-electron chi connectivity index (χ1n) is 6.98. The Labute approximate surface area is 129 Å². The van der Waals surface area contributed by atoms with Gasteiger partial charge in [-0.05, 0) is 24.6 Å². The molecular weight excluding hydrogens is 278 g/mol. The van der Waals surface area contributed by atoms with Crippen molar-refractivity contribution in [1.29, 1.82) is 0 Å². The average molecular weight is 297 g/mol.